The summed E-state index contributed by atoms with van der Waals surface area (Å²) in [5.41, 5.74) is 0.934. The molecule has 1 aromatic rings. The van der Waals surface area contributed by atoms with Crippen LogP contribution in [-0.4, -0.2) is 30.9 Å². The summed E-state index contributed by atoms with van der Waals surface area (Å²) in [6.07, 6.45) is 0. The molecule has 0 saturated heterocycles. The topological polar surface area (TPSA) is 32.3 Å². The predicted octanol–water partition coefficient (Wildman–Crippen LogP) is 2.72. The summed E-state index contributed by atoms with van der Waals surface area (Å²) >= 11 is 3.32. The van der Waals surface area contributed by atoms with Crippen LogP contribution in [0.1, 0.15) is 25.5 Å². The second-order valence-corrected chi connectivity index (χ2v) is 5.03. The summed E-state index contributed by atoms with van der Waals surface area (Å²) in [5, 5.41) is 3.13. The Morgan fingerprint density at radius 1 is 1.56 bits per heavy atom. The molecule has 5 heteroatoms. The summed E-state index contributed by atoms with van der Waals surface area (Å²) in [6.45, 7) is 4.83. The molecule has 0 aliphatic carbocycles. The highest BCUT2D eigenvalue weighted by molar-refractivity contribution is 9.10. The highest BCUT2D eigenvalue weighted by Crippen LogP contribution is 2.23. The van der Waals surface area contributed by atoms with Crippen molar-refractivity contribution in [2.75, 3.05) is 20.1 Å². The minimum absolute atomic E-state index is 0.0193. The van der Waals surface area contributed by atoms with E-state index < -0.39 is 0 Å². The summed E-state index contributed by atoms with van der Waals surface area (Å²) < 4.78 is 13.7. The molecule has 18 heavy (non-hydrogen) atoms. The van der Waals surface area contributed by atoms with Gasteiger partial charge in [0.05, 0.1) is 6.54 Å². The van der Waals surface area contributed by atoms with Crippen molar-refractivity contribution >= 4 is 21.8 Å². The van der Waals surface area contributed by atoms with E-state index in [4.69, 9.17) is 0 Å². The van der Waals surface area contributed by atoms with Crippen molar-refractivity contribution in [1.82, 2.24) is 10.2 Å². The Kier molecular flexibility index (Phi) is 5.75. The van der Waals surface area contributed by atoms with Crippen LogP contribution < -0.4 is 5.32 Å². The zero-order valence-electron chi connectivity index (χ0n) is 10.8. The maximum atomic E-state index is 13.0. The summed E-state index contributed by atoms with van der Waals surface area (Å²) in [4.78, 5) is 13.3. The second kappa shape index (κ2) is 6.85. The van der Waals surface area contributed by atoms with Gasteiger partial charge in [-0.1, -0.05) is 22.0 Å². The number of carbonyl (C=O) groups excluding carboxylic acids is 1. The molecule has 100 valence electrons. The molecule has 0 heterocycles. The number of nitrogens with zero attached hydrogens (tertiary/aromatic N) is 1. The van der Waals surface area contributed by atoms with Crippen molar-refractivity contribution in [2.24, 2.45) is 0 Å². The first kappa shape index (κ1) is 15.1. The van der Waals surface area contributed by atoms with Crippen LogP contribution in [0.2, 0.25) is 0 Å². The van der Waals surface area contributed by atoms with Gasteiger partial charge in [0.25, 0.3) is 0 Å². The number of rotatable bonds is 5. The van der Waals surface area contributed by atoms with Crippen molar-refractivity contribution in [3.63, 3.8) is 0 Å². The number of hydrogen-bond acceptors (Lipinski definition) is 2. The molecular formula is C13H18BrFN2O. The van der Waals surface area contributed by atoms with Crippen LogP contribution in [0.4, 0.5) is 4.39 Å². The molecule has 1 N–H and O–H groups in total. The van der Waals surface area contributed by atoms with E-state index in [9.17, 15) is 9.18 Å². The fraction of sp³-hybridized carbons (Fsp3) is 0.462. The number of halogens is 2. The van der Waals surface area contributed by atoms with Gasteiger partial charge in [0, 0.05) is 24.1 Å². The third-order valence-corrected chi connectivity index (χ3v) is 3.58. The highest BCUT2D eigenvalue weighted by atomic mass is 79.9. The van der Waals surface area contributed by atoms with Crippen LogP contribution >= 0.6 is 15.9 Å². The Morgan fingerprint density at radius 3 is 2.78 bits per heavy atom. The molecule has 0 spiro atoms. The average Bonchev–Trinajstić information content (AvgIpc) is 2.34. The minimum Gasteiger partial charge on any atom is -0.345 e. The van der Waals surface area contributed by atoms with E-state index in [0.29, 0.717) is 11.0 Å². The van der Waals surface area contributed by atoms with Crippen molar-refractivity contribution < 1.29 is 9.18 Å². The molecule has 1 rings (SSSR count). The Labute approximate surface area is 115 Å². The molecule has 0 fully saturated rings. The zero-order valence-corrected chi connectivity index (χ0v) is 12.4. The maximum absolute atomic E-state index is 13.0. The van der Waals surface area contributed by atoms with Crippen LogP contribution in [0.15, 0.2) is 22.7 Å². The second-order valence-electron chi connectivity index (χ2n) is 4.18. The van der Waals surface area contributed by atoms with Crippen LogP contribution in [0.5, 0.6) is 0 Å². The van der Waals surface area contributed by atoms with E-state index in [0.717, 1.165) is 5.56 Å². The number of hydrogen-bond donors (Lipinski definition) is 1. The normalized spacial score (nSPS) is 12.3. The lowest BCUT2D eigenvalue weighted by molar-refractivity contribution is -0.128. The molecule has 0 radical (unpaired) electrons. The van der Waals surface area contributed by atoms with Gasteiger partial charge >= 0.3 is 0 Å². The minimum atomic E-state index is -0.278. The third-order valence-electron chi connectivity index (χ3n) is 2.89. The summed E-state index contributed by atoms with van der Waals surface area (Å²) in [5.74, 6) is -0.234. The molecule has 0 aliphatic heterocycles. The van der Waals surface area contributed by atoms with Gasteiger partial charge in [0.15, 0.2) is 0 Å². The Bertz CT molecular complexity index is 425. The first-order chi connectivity index (χ1) is 8.45. The van der Waals surface area contributed by atoms with Gasteiger partial charge in [-0.15, -0.1) is 0 Å². The van der Waals surface area contributed by atoms with Crippen LogP contribution in [0.3, 0.4) is 0 Å². The van der Waals surface area contributed by atoms with E-state index in [1.54, 1.807) is 18.0 Å². The molecule has 1 atom stereocenters. The molecule has 0 bridgehead atoms. The SMILES string of the molecule is CCN(C)C(=O)CNC(C)c1ccc(F)cc1Br. The molecular weight excluding hydrogens is 299 g/mol. The molecule has 1 unspecified atom stereocenters. The van der Waals surface area contributed by atoms with E-state index in [1.165, 1.54) is 12.1 Å². The fourth-order valence-corrected chi connectivity index (χ4v) is 2.21. The lowest BCUT2D eigenvalue weighted by Gasteiger charge is -2.19. The fourth-order valence-electron chi connectivity index (χ4n) is 1.51. The Balaban J connectivity index is 2.60. The summed E-state index contributed by atoms with van der Waals surface area (Å²) in [6, 6.07) is 4.53. The Hall–Kier alpha value is -0.940. The smallest absolute Gasteiger partial charge is 0.236 e. The van der Waals surface area contributed by atoms with Crippen LogP contribution in [0, 0.1) is 5.82 Å². The van der Waals surface area contributed by atoms with Gasteiger partial charge in [-0.2, -0.15) is 0 Å². The van der Waals surface area contributed by atoms with Gasteiger partial charge in [-0.25, -0.2) is 4.39 Å². The number of carbonyl (C=O) groups is 1. The molecule has 0 aromatic heterocycles. The third kappa shape index (κ3) is 4.07. The number of nitrogens with one attached hydrogen (secondary N) is 1. The maximum Gasteiger partial charge on any atom is 0.236 e. The molecule has 1 aromatic carbocycles. The number of likely N-dealkylation sites (N-methyl/N-ethyl adjacent to an activating group) is 1. The first-order valence-corrected chi connectivity index (χ1v) is 6.67. The Morgan fingerprint density at radius 2 is 2.22 bits per heavy atom. The molecule has 1 amide bonds. The molecule has 0 saturated carbocycles. The monoisotopic (exact) mass is 316 g/mol. The largest absolute Gasteiger partial charge is 0.345 e. The van der Waals surface area contributed by atoms with Crippen molar-refractivity contribution in [3.8, 4) is 0 Å². The lowest BCUT2D eigenvalue weighted by Crippen LogP contribution is -2.36. The predicted molar refractivity (Wildman–Crippen MR) is 73.8 cm³/mol. The van der Waals surface area contributed by atoms with E-state index in [-0.39, 0.29) is 24.3 Å². The van der Waals surface area contributed by atoms with Crippen LogP contribution in [0.25, 0.3) is 0 Å². The quantitative estimate of drug-likeness (QED) is 0.906. The molecule has 0 aliphatic rings. The lowest BCUT2D eigenvalue weighted by atomic mass is 10.1. The summed E-state index contributed by atoms with van der Waals surface area (Å²) in [7, 11) is 1.77. The van der Waals surface area contributed by atoms with E-state index >= 15 is 0 Å². The standard InChI is InChI=1S/C13H18BrFN2O/c1-4-17(3)13(18)8-16-9(2)11-6-5-10(15)7-12(11)14/h5-7,9,16H,4,8H2,1-3H3. The highest BCUT2D eigenvalue weighted by Gasteiger charge is 2.12. The van der Waals surface area contributed by atoms with Crippen LogP contribution in [-0.2, 0) is 4.79 Å². The van der Waals surface area contributed by atoms with E-state index in [2.05, 4.69) is 21.2 Å². The van der Waals surface area contributed by atoms with Gasteiger partial charge in [0.1, 0.15) is 5.82 Å². The van der Waals surface area contributed by atoms with Gasteiger partial charge in [-0.3, -0.25) is 4.79 Å². The first-order valence-electron chi connectivity index (χ1n) is 5.88. The van der Waals surface area contributed by atoms with E-state index in [1.807, 2.05) is 13.8 Å². The van der Waals surface area contributed by atoms with Crippen molar-refractivity contribution in [3.05, 3.63) is 34.1 Å². The van der Waals surface area contributed by atoms with Crippen molar-refractivity contribution in [2.45, 2.75) is 19.9 Å². The number of benzene rings is 1. The zero-order chi connectivity index (χ0) is 13.7. The molecule has 3 nitrogen and oxygen atoms in total. The van der Waals surface area contributed by atoms with Gasteiger partial charge in [0.2, 0.25) is 5.91 Å². The van der Waals surface area contributed by atoms with Gasteiger partial charge < -0.3 is 10.2 Å². The number of amides is 1. The van der Waals surface area contributed by atoms with Gasteiger partial charge in [-0.05, 0) is 31.5 Å². The van der Waals surface area contributed by atoms with Crippen molar-refractivity contribution in [1.29, 1.82) is 0 Å². The average molecular weight is 317 g/mol.